The number of rotatable bonds is 3. The van der Waals surface area contributed by atoms with E-state index in [9.17, 15) is 22.8 Å². The number of hydrogen-bond donors (Lipinski definition) is 2. The Morgan fingerprint density at radius 2 is 2.00 bits per heavy atom. The van der Waals surface area contributed by atoms with Crippen LogP contribution in [0.4, 0.5) is 18.9 Å². The summed E-state index contributed by atoms with van der Waals surface area (Å²) in [5.41, 5.74) is -0.467. The summed E-state index contributed by atoms with van der Waals surface area (Å²) in [4.78, 5) is 24.8. The lowest BCUT2D eigenvalue weighted by molar-refractivity contribution is -0.137. The normalized spacial score (nSPS) is 11.2. The summed E-state index contributed by atoms with van der Waals surface area (Å²) in [6.07, 6.45) is -2.59. The monoisotopic (exact) mass is 282 g/mol. The number of halogens is 3. The Labute approximate surface area is 111 Å². The molecule has 4 nitrogen and oxygen atoms in total. The van der Waals surface area contributed by atoms with Crippen molar-refractivity contribution in [3.8, 4) is 0 Å². The molecule has 1 amide bonds. The van der Waals surface area contributed by atoms with Gasteiger partial charge in [-0.05, 0) is 24.3 Å². The Kier molecular flexibility index (Phi) is 3.60. The molecule has 1 heterocycles. The number of benzene rings is 1. The molecular formula is C13H9F3N2O2. The first kappa shape index (κ1) is 13.9. The molecule has 1 aromatic carbocycles. The zero-order valence-electron chi connectivity index (χ0n) is 9.99. The number of carbonyl (C=O) groups is 2. The van der Waals surface area contributed by atoms with E-state index in [-0.39, 0.29) is 16.9 Å². The predicted molar refractivity (Wildman–Crippen MR) is 65.6 cm³/mol. The lowest BCUT2D eigenvalue weighted by atomic mass is 10.2. The van der Waals surface area contributed by atoms with Crippen molar-refractivity contribution in [2.24, 2.45) is 0 Å². The zero-order chi connectivity index (χ0) is 14.8. The molecule has 0 aliphatic heterocycles. The maximum absolute atomic E-state index is 12.5. The van der Waals surface area contributed by atoms with E-state index in [2.05, 4.69) is 10.3 Å². The molecule has 0 aliphatic carbocycles. The highest BCUT2D eigenvalue weighted by molar-refractivity contribution is 6.03. The Morgan fingerprint density at radius 1 is 1.25 bits per heavy atom. The Hall–Kier alpha value is -2.57. The maximum atomic E-state index is 12.5. The summed E-state index contributed by atoms with van der Waals surface area (Å²) in [5, 5.41) is 2.32. The van der Waals surface area contributed by atoms with Crippen LogP contribution in [0.5, 0.6) is 0 Å². The van der Waals surface area contributed by atoms with Crippen LogP contribution in [0.15, 0.2) is 36.5 Å². The third kappa shape index (κ3) is 3.05. The summed E-state index contributed by atoms with van der Waals surface area (Å²) in [5.74, 6) is -0.627. The van der Waals surface area contributed by atoms with Gasteiger partial charge in [-0.15, -0.1) is 0 Å². The highest BCUT2D eigenvalue weighted by Crippen LogP contribution is 2.30. The van der Waals surface area contributed by atoms with Crippen molar-refractivity contribution < 1.29 is 22.8 Å². The van der Waals surface area contributed by atoms with Gasteiger partial charge in [-0.2, -0.15) is 13.2 Å². The number of alkyl halides is 3. The molecule has 0 spiro atoms. The van der Waals surface area contributed by atoms with Crippen LogP contribution in [0.1, 0.15) is 26.4 Å². The number of H-pyrrole nitrogens is 1. The maximum Gasteiger partial charge on any atom is 0.416 e. The number of carbonyl (C=O) groups excluding carboxylic acids is 2. The number of aldehydes is 1. The van der Waals surface area contributed by atoms with Crippen LogP contribution in [0.3, 0.4) is 0 Å². The summed E-state index contributed by atoms with van der Waals surface area (Å²) >= 11 is 0. The predicted octanol–water partition coefficient (Wildman–Crippen LogP) is 3.10. The molecule has 0 saturated carbocycles. The minimum atomic E-state index is -4.47. The molecule has 7 heteroatoms. The summed E-state index contributed by atoms with van der Waals surface area (Å²) in [6, 6.07) is 5.59. The van der Waals surface area contributed by atoms with Crippen LogP contribution in [0.2, 0.25) is 0 Å². The lowest BCUT2D eigenvalue weighted by Gasteiger charge is -2.09. The van der Waals surface area contributed by atoms with Gasteiger partial charge in [0.2, 0.25) is 0 Å². The molecule has 0 bridgehead atoms. The fraction of sp³-hybridized carbons (Fsp3) is 0.0769. The van der Waals surface area contributed by atoms with Gasteiger partial charge in [0, 0.05) is 17.4 Å². The third-order valence-electron chi connectivity index (χ3n) is 2.53. The van der Waals surface area contributed by atoms with Crippen molar-refractivity contribution >= 4 is 17.9 Å². The van der Waals surface area contributed by atoms with Crippen molar-refractivity contribution in [3.63, 3.8) is 0 Å². The van der Waals surface area contributed by atoms with Gasteiger partial charge < -0.3 is 10.3 Å². The van der Waals surface area contributed by atoms with Crippen molar-refractivity contribution in [1.29, 1.82) is 0 Å². The van der Waals surface area contributed by atoms with E-state index in [4.69, 9.17) is 0 Å². The first-order valence-electron chi connectivity index (χ1n) is 5.52. The van der Waals surface area contributed by atoms with Crippen LogP contribution >= 0.6 is 0 Å². The minimum Gasteiger partial charge on any atom is -0.356 e. The third-order valence-corrected chi connectivity index (χ3v) is 2.53. The SMILES string of the molecule is O=Cc1c[nH]c(C(=O)Nc2cccc(C(F)(F)F)c2)c1. The quantitative estimate of drug-likeness (QED) is 0.850. The first-order valence-corrected chi connectivity index (χ1v) is 5.52. The second-order valence-electron chi connectivity index (χ2n) is 4.00. The van der Waals surface area contributed by atoms with E-state index in [1.807, 2.05) is 0 Å². The second-order valence-corrected chi connectivity index (χ2v) is 4.00. The van der Waals surface area contributed by atoms with Gasteiger partial charge in [0.25, 0.3) is 5.91 Å². The Bertz CT molecular complexity index is 647. The van der Waals surface area contributed by atoms with E-state index in [0.29, 0.717) is 6.29 Å². The van der Waals surface area contributed by atoms with E-state index in [1.165, 1.54) is 24.4 Å². The highest BCUT2D eigenvalue weighted by atomic mass is 19.4. The van der Waals surface area contributed by atoms with E-state index in [0.717, 1.165) is 12.1 Å². The van der Waals surface area contributed by atoms with Gasteiger partial charge in [0.1, 0.15) is 5.69 Å². The van der Waals surface area contributed by atoms with Gasteiger partial charge in [-0.1, -0.05) is 6.07 Å². The number of aromatic amines is 1. The van der Waals surface area contributed by atoms with Gasteiger partial charge >= 0.3 is 6.18 Å². The zero-order valence-corrected chi connectivity index (χ0v) is 9.99. The van der Waals surface area contributed by atoms with Crippen LogP contribution in [-0.2, 0) is 6.18 Å². The average molecular weight is 282 g/mol. The highest BCUT2D eigenvalue weighted by Gasteiger charge is 2.30. The van der Waals surface area contributed by atoms with Crippen molar-refractivity contribution in [1.82, 2.24) is 4.98 Å². The van der Waals surface area contributed by atoms with Crippen molar-refractivity contribution in [3.05, 3.63) is 53.3 Å². The second kappa shape index (κ2) is 5.20. The molecule has 2 aromatic rings. The topological polar surface area (TPSA) is 62.0 Å². The molecule has 0 atom stereocenters. The minimum absolute atomic E-state index is 0.0204. The number of anilines is 1. The van der Waals surface area contributed by atoms with E-state index >= 15 is 0 Å². The first-order chi connectivity index (χ1) is 9.40. The standard InChI is InChI=1S/C13H9F3N2O2/c14-13(15,16)9-2-1-3-10(5-9)18-12(20)11-4-8(7-19)6-17-11/h1-7,17H,(H,18,20). The van der Waals surface area contributed by atoms with Crippen LogP contribution in [-0.4, -0.2) is 17.2 Å². The molecule has 0 unspecified atom stereocenters. The summed E-state index contributed by atoms with van der Waals surface area (Å²) < 4.78 is 37.6. The fourth-order valence-electron chi connectivity index (χ4n) is 1.58. The number of hydrogen-bond acceptors (Lipinski definition) is 2. The molecule has 20 heavy (non-hydrogen) atoms. The molecule has 1 aromatic heterocycles. The van der Waals surface area contributed by atoms with Gasteiger partial charge in [0.05, 0.1) is 5.56 Å². The van der Waals surface area contributed by atoms with Crippen LogP contribution in [0, 0.1) is 0 Å². The molecule has 0 aliphatic rings. The molecule has 2 rings (SSSR count). The largest absolute Gasteiger partial charge is 0.416 e. The fourth-order valence-corrected chi connectivity index (χ4v) is 1.58. The van der Waals surface area contributed by atoms with Crippen molar-refractivity contribution in [2.45, 2.75) is 6.18 Å². The van der Waals surface area contributed by atoms with Gasteiger partial charge in [-0.25, -0.2) is 0 Å². The molecule has 0 saturated heterocycles. The summed E-state index contributed by atoms with van der Waals surface area (Å²) in [6.45, 7) is 0. The van der Waals surface area contributed by atoms with Crippen LogP contribution < -0.4 is 5.32 Å². The van der Waals surface area contributed by atoms with Gasteiger partial charge in [-0.3, -0.25) is 9.59 Å². The Morgan fingerprint density at radius 3 is 2.60 bits per heavy atom. The summed E-state index contributed by atoms with van der Waals surface area (Å²) in [7, 11) is 0. The lowest BCUT2D eigenvalue weighted by Crippen LogP contribution is -2.13. The Balaban J connectivity index is 2.17. The molecule has 0 radical (unpaired) electrons. The molecule has 2 N–H and O–H groups in total. The number of nitrogens with one attached hydrogen (secondary N) is 2. The van der Waals surface area contributed by atoms with E-state index < -0.39 is 17.6 Å². The van der Waals surface area contributed by atoms with Crippen molar-refractivity contribution in [2.75, 3.05) is 5.32 Å². The molecule has 0 fully saturated rings. The smallest absolute Gasteiger partial charge is 0.356 e. The number of aromatic nitrogens is 1. The van der Waals surface area contributed by atoms with Gasteiger partial charge in [0.15, 0.2) is 6.29 Å². The molecular weight excluding hydrogens is 273 g/mol. The number of amides is 1. The molecule has 104 valence electrons. The van der Waals surface area contributed by atoms with Crippen LogP contribution in [0.25, 0.3) is 0 Å². The average Bonchev–Trinajstić information content (AvgIpc) is 2.87. The van der Waals surface area contributed by atoms with E-state index in [1.54, 1.807) is 0 Å².